The zero-order chi connectivity index (χ0) is 17.6. The molecule has 3 N–H and O–H groups in total. The van der Waals surface area contributed by atoms with E-state index in [1.807, 2.05) is 12.1 Å². The Labute approximate surface area is 152 Å². The monoisotopic (exact) mass is 371 g/mol. The molecule has 0 aliphatic heterocycles. The van der Waals surface area contributed by atoms with Crippen molar-refractivity contribution >= 4 is 49.7 Å². The van der Waals surface area contributed by atoms with Gasteiger partial charge in [0.1, 0.15) is 5.00 Å². The van der Waals surface area contributed by atoms with Crippen LogP contribution in [-0.2, 0) is 12.8 Å². The van der Waals surface area contributed by atoms with E-state index in [4.69, 9.17) is 5.73 Å². The van der Waals surface area contributed by atoms with Crippen molar-refractivity contribution in [2.75, 3.05) is 5.32 Å². The average molecular weight is 371 g/mol. The Balaban J connectivity index is 1.67. The number of amides is 2. The number of thiazole rings is 1. The summed E-state index contributed by atoms with van der Waals surface area (Å²) < 4.78 is 0.960. The van der Waals surface area contributed by atoms with E-state index in [9.17, 15) is 9.59 Å². The molecule has 0 fully saturated rings. The minimum absolute atomic E-state index is 0.232. The van der Waals surface area contributed by atoms with E-state index in [-0.39, 0.29) is 5.91 Å². The molecule has 2 aromatic heterocycles. The summed E-state index contributed by atoms with van der Waals surface area (Å²) in [7, 11) is 0. The van der Waals surface area contributed by atoms with Crippen LogP contribution in [0.25, 0.3) is 10.2 Å². The molecule has 7 heteroatoms. The van der Waals surface area contributed by atoms with Crippen molar-refractivity contribution in [1.29, 1.82) is 0 Å². The number of aromatic nitrogens is 1. The van der Waals surface area contributed by atoms with Gasteiger partial charge in [-0.15, -0.1) is 22.7 Å². The number of rotatable bonds is 3. The minimum atomic E-state index is -0.472. The maximum atomic E-state index is 12.7. The molecular formula is C18H17N3O2S2. The van der Waals surface area contributed by atoms with Gasteiger partial charge in [0.2, 0.25) is 0 Å². The summed E-state index contributed by atoms with van der Waals surface area (Å²) in [6, 6.07) is 5.40. The van der Waals surface area contributed by atoms with Gasteiger partial charge in [0.25, 0.3) is 11.8 Å². The predicted molar refractivity (Wildman–Crippen MR) is 102 cm³/mol. The summed E-state index contributed by atoms with van der Waals surface area (Å²) in [4.78, 5) is 30.0. The van der Waals surface area contributed by atoms with Gasteiger partial charge in [-0.05, 0) is 48.9 Å². The number of primary amides is 1. The minimum Gasteiger partial charge on any atom is -0.365 e. The maximum Gasteiger partial charge on any atom is 0.256 e. The summed E-state index contributed by atoms with van der Waals surface area (Å²) in [5.74, 6) is -0.117. The van der Waals surface area contributed by atoms with Crippen molar-refractivity contribution < 1.29 is 9.59 Å². The van der Waals surface area contributed by atoms with Crippen LogP contribution in [0.15, 0.2) is 23.7 Å². The molecule has 1 aliphatic rings. The Morgan fingerprint density at radius 2 is 2.20 bits per heavy atom. The standard InChI is InChI=1S/C18H17N3O2S2/c1-9-2-4-11-13(6-9)25-18(15(11)16(19)22)21-17(23)10-3-5-12-14(7-10)24-8-20-12/h3,5,7-9H,2,4,6H2,1H3,(H2,19,22)(H,21,23)/t9-/m0/s1. The SMILES string of the molecule is C[C@H]1CCc2c(sc(NC(=O)c3ccc4ncsc4c3)c2C(N)=O)C1. The van der Waals surface area contributed by atoms with Gasteiger partial charge in [0.05, 0.1) is 21.3 Å². The fourth-order valence-electron chi connectivity index (χ4n) is 3.27. The van der Waals surface area contributed by atoms with Crippen LogP contribution in [0, 0.1) is 5.92 Å². The van der Waals surface area contributed by atoms with Gasteiger partial charge >= 0.3 is 0 Å². The number of nitrogens with two attached hydrogens (primary N) is 1. The third kappa shape index (κ3) is 2.94. The molecule has 0 saturated heterocycles. The van der Waals surface area contributed by atoms with E-state index in [1.165, 1.54) is 27.6 Å². The number of hydrogen-bond donors (Lipinski definition) is 2. The van der Waals surface area contributed by atoms with Crippen LogP contribution < -0.4 is 11.1 Å². The van der Waals surface area contributed by atoms with Crippen molar-refractivity contribution in [2.45, 2.75) is 26.2 Å². The molecule has 4 rings (SSSR count). The lowest BCUT2D eigenvalue weighted by Gasteiger charge is -2.18. The van der Waals surface area contributed by atoms with Crippen molar-refractivity contribution in [3.63, 3.8) is 0 Å². The normalized spacial score (nSPS) is 16.6. The van der Waals surface area contributed by atoms with Crippen molar-refractivity contribution in [3.8, 4) is 0 Å². The summed E-state index contributed by atoms with van der Waals surface area (Å²) >= 11 is 2.97. The third-order valence-electron chi connectivity index (χ3n) is 4.58. The lowest BCUT2D eigenvalue weighted by Crippen LogP contribution is -2.19. The molecule has 2 heterocycles. The first-order valence-corrected chi connectivity index (χ1v) is 9.81. The van der Waals surface area contributed by atoms with E-state index in [0.29, 0.717) is 22.0 Å². The molecule has 0 unspecified atom stereocenters. The van der Waals surface area contributed by atoms with Gasteiger partial charge in [-0.3, -0.25) is 9.59 Å². The van der Waals surface area contributed by atoms with Gasteiger partial charge in [-0.25, -0.2) is 4.98 Å². The van der Waals surface area contributed by atoms with Crippen LogP contribution in [0.1, 0.15) is 44.5 Å². The highest BCUT2D eigenvalue weighted by molar-refractivity contribution is 7.17. The van der Waals surface area contributed by atoms with E-state index in [0.717, 1.165) is 35.0 Å². The lowest BCUT2D eigenvalue weighted by atomic mass is 9.88. The molecule has 2 amide bonds. The first-order valence-electron chi connectivity index (χ1n) is 8.12. The number of nitrogens with zero attached hydrogens (tertiary/aromatic N) is 1. The molecule has 0 bridgehead atoms. The maximum absolute atomic E-state index is 12.7. The lowest BCUT2D eigenvalue weighted by molar-refractivity contribution is 0.1000. The molecule has 0 radical (unpaired) electrons. The van der Waals surface area contributed by atoms with Crippen LogP contribution >= 0.6 is 22.7 Å². The highest BCUT2D eigenvalue weighted by atomic mass is 32.1. The number of nitrogens with one attached hydrogen (secondary N) is 1. The number of benzene rings is 1. The quantitative estimate of drug-likeness (QED) is 0.734. The molecule has 1 aromatic carbocycles. The van der Waals surface area contributed by atoms with Crippen molar-refractivity contribution in [3.05, 3.63) is 45.3 Å². The molecular weight excluding hydrogens is 354 g/mol. The molecule has 1 aliphatic carbocycles. The number of thiophene rings is 1. The molecule has 25 heavy (non-hydrogen) atoms. The van der Waals surface area contributed by atoms with E-state index >= 15 is 0 Å². The van der Waals surface area contributed by atoms with Gasteiger partial charge < -0.3 is 11.1 Å². The van der Waals surface area contributed by atoms with Crippen molar-refractivity contribution in [1.82, 2.24) is 4.98 Å². The van der Waals surface area contributed by atoms with Gasteiger partial charge in [-0.1, -0.05) is 6.92 Å². The third-order valence-corrected chi connectivity index (χ3v) is 6.54. The number of hydrogen-bond acceptors (Lipinski definition) is 5. The molecule has 0 saturated carbocycles. The number of carbonyl (C=O) groups is 2. The van der Waals surface area contributed by atoms with E-state index in [1.54, 1.807) is 11.6 Å². The summed E-state index contributed by atoms with van der Waals surface area (Å²) in [5, 5.41) is 3.47. The van der Waals surface area contributed by atoms with Crippen LogP contribution in [-0.4, -0.2) is 16.8 Å². The first kappa shape index (κ1) is 16.2. The summed E-state index contributed by atoms with van der Waals surface area (Å²) in [5.41, 5.74) is 10.3. The van der Waals surface area contributed by atoms with Gasteiger partial charge in [0, 0.05) is 10.4 Å². The summed E-state index contributed by atoms with van der Waals surface area (Å²) in [6.45, 7) is 2.20. The summed E-state index contributed by atoms with van der Waals surface area (Å²) in [6.07, 6.45) is 2.82. The van der Waals surface area contributed by atoms with Gasteiger partial charge in [-0.2, -0.15) is 0 Å². The molecule has 0 spiro atoms. The Hall–Kier alpha value is -2.25. The largest absolute Gasteiger partial charge is 0.365 e. The van der Waals surface area contributed by atoms with Crippen LogP contribution in [0.3, 0.4) is 0 Å². The van der Waals surface area contributed by atoms with Crippen molar-refractivity contribution in [2.24, 2.45) is 11.7 Å². The second-order valence-electron chi connectivity index (χ2n) is 6.41. The first-order chi connectivity index (χ1) is 12.0. The second kappa shape index (κ2) is 6.24. The number of anilines is 1. The Kier molecular flexibility index (Phi) is 4.05. The topological polar surface area (TPSA) is 85.1 Å². The van der Waals surface area contributed by atoms with Crippen LogP contribution in [0.5, 0.6) is 0 Å². The zero-order valence-electron chi connectivity index (χ0n) is 13.7. The molecule has 1 atom stereocenters. The zero-order valence-corrected chi connectivity index (χ0v) is 15.3. The van der Waals surface area contributed by atoms with Crippen LogP contribution in [0.2, 0.25) is 0 Å². The second-order valence-corrected chi connectivity index (χ2v) is 8.40. The average Bonchev–Trinajstić information content (AvgIpc) is 3.17. The molecule has 5 nitrogen and oxygen atoms in total. The van der Waals surface area contributed by atoms with E-state index in [2.05, 4.69) is 17.2 Å². The molecule has 3 aromatic rings. The Morgan fingerprint density at radius 1 is 1.36 bits per heavy atom. The Bertz CT molecular complexity index is 990. The Morgan fingerprint density at radius 3 is 3.00 bits per heavy atom. The number of carbonyl (C=O) groups excluding carboxylic acids is 2. The smallest absolute Gasteiger partial charge is 0.256 e. The highest BCUT2D eigenvalue weighted by Gasteiger charge is 2.27. The highest BCUT2D eigenvalue weighted by Crippen LogP contribution is 2.39. The van der Waals surface area contributed by atoms with Crippen LogP contribution in [0.4, 0.5) is 5.00 Å². The molecule has 128 valence electrons. The van der Waals surface area contributed by atoms with E-state index < -0.39 is 5.91 Å². The fraction of sp³-hybridized carbons (Fsp3) is 0.278. The van der Waals surface area contributed by atoms with Gasteiger partial charge in [0.15, 0.2) is 0 Å². The fourth-order valence-corrected chi connectivity index (χ4v) is 5.40. The predicted octanol–water partition coefficient (Wildman–Crippen LogP) is 3.83. The number of fused-ring (bicyclic) bond motifs is 2.